The number of nitrogens with two attached hydrogens (primary N) is 1. The van der Waals surface area contributed by atoms with Crippen LogP contribution in [0.1, 0.15) is 29.5 Å². The van der Waals surface area contributed by atoms with Crippen molar-refractivity contribution in [2.75, 3.05) is 0 Å². The molecule has 72 valence electrons. The van der Waals surface area contributed by atoms with E-state index >= 15 is 0 Å². The number of hydrogen-bond donors (Lipinski definition) is 1. The van der Waals surface area contributed by atoms with Crippen LogP contribution >= 0.6 is 12.4 Å². The van der Waals surface area contributed by atoms with Crippen molar-refractivity contribution in [2.24, 2.45) is 5.73 Å². The molecule has 0 saturated carbocycles. The standard InChI is InChI=1S/C11H15N.ClH/c12-8-10-6-3-5-9-4-1-2-7-11(9)10;/h3,5-6H,1-2,4,7-8,12H2;1H. The molecule has 0 amide bonds. The van der Waals surface area contributed by atoms with Gasteiger partial charge in [0.2, 0.25) is 0 Å². The van der Waals surface area contributed by atoms with Gasteiger partial charge in [0.15, 0.2) is 0 Å². The lowest BCUT2D eigenvalue weighted by atomic mass is 9.88. The lowest BCUT2D eigenvalue weighted by Crippen LogP contribution is -2.08. The van der Waals surface area contributed by atoms with Crippen LogP contribution in [-0.2, 0) is 19.4 Å². The Kier molecular flexibility index (Phi) is 3.76. The monoisotopic (exact) mass is 197 g/mol. The summed E-state index contributed by atoms with van der Waals surface area (Å²) in [7, 11) is 0. The summed E-state index contributed by atoms with van der Waals surface area (Å²) >= 11 is 0. The molecule has 1 nitrogen and oxygen atoms in total. The molecule has 0 saturated heterocycles. The summed E-state index contributed by atoms with van der Waals surface area (Å²) in [5.74, 6) is 0. The van der Waals surface area contributed by atoms with E-state index in [9.17, 15) is 0 Å². The second kappa shape index (κ2) is 4.64. The average molecular weight is 198 g/mol. The molecule has 1 aliphatic rings. The molecule has 0 fully saturated rings. The first-order valence-corrected chi connectivity index (χ1v) is 4.71. The van der Waals surface area contributed by atoms with Gasteiger partial charge >= 0.3 is 0 Å². The Morgan fingerprint density at radius 3 is 2.69 bits per heavy atom. The van der Waals surface area contributed by atoms with Crippen molar-refractivity contribution >= 4 is 12.4 Å². The van der Waals surface area contributed by atoms with Gasteiger partial charge in [-0.1, -0.05) is 18.2 Å². The van der Waals surface area contributed by atoms with Crippen molar-refractivity contribution in [3.05, 3.63) is 34.9 Å². The lowest BCUT2D eigenvalue weighted by Gasteiger charge is -2.18. The first kappa shape index (κ1) is 10.6. The number of halogens is 1. The van der Waals surface area contributed by atoms with Gasteiger partial charge in [-0.3, -0.25) is 0 Å². The molecule has 0 aliphatic heterocycles. The Morgan fingerprint density at radius 1 is 1.15 bits per heavy atom. The summed E-state index contributed by atoms with van der Waals surface area (Å²) in [4.78, 5) is 0. The summed E-state index contributed by atoms with van der Waals surface area (Å²) in [5, 5.41) is 0. The highest BCUT2D eigenvalue weighted by Gasteiger charge is 2.10. The van der Waals surface area contributed by atoms with E-state index in [4.69, 9.17) is 5.73 Å². The van der Waals surface area contributed by atoms with Crippen molar-refractivity contribution in [3.63, 3.8) is 0 Å². The number of rotatable bonds is 1. The van der Waals surface area contributed by atoms with E-state index in [2.05, 4.69) is 18.2 Å². The van der Waals surface area contributed by atoms with Gasteiger partial charge in [-0.2, -0.15) is 0 Å². The number of aryl methyl sites for hydroxylation is 1. The van der Waals surface area contributed by atoms with Crippen molar-refractivity contribution in [3.8, 4) is 0 Å². The zero-order chi connectivity index (χ0) is 8.39. The fraction of sp³-hybridized carbons (Fsp3) is 0.455. The van der Waals surface area contributed by atoms with E-state index in [0.29, 0.717) is 6.54 Å². The summed E-state index contributed by atoms with van der Waals surface area (Å²) < 4.78 is 0. The third-order valence-electron chi connectivity index (χ3n) is 2.71. The van der Waals surface area contributed by atoms with E-state index in [-0.39, 0.29) is 12.4 Å². The molecule has 2 heteroatoms. The molecule has 0 bridgehead atoms. The lowest BCUT2D eigenvalue weighted by molar-refractivity contribution is 0.678. The van der Waals surface area contributed by atoms with Crippen LogP contribution in [0.3, 0.4) is 0 Å². The van der Waals surface area contributed by atoms with Gasteiger partial charge in [0, 0.05) is 6.54 Å². The van der Waals surface area contributed by atoms with E-state index in [1.54, 1.807) is 0 Å². The molecular weight excluding hydrogens is 182 g/mol. The third-order valence-corrected chi connectivity index (χ3v) is 2.71. The molecule has 13 heavy (non-hydrogen) atoms. The maximum absolute atomic E-state index is 5.67. The fourth-order valence-electron chi connectivity index (χ4n) is 2.05. The Labute approximate surface area is 85.7 Å². The Balaban J connectivity index is 0.000000845. The Morgan fingerprint density at radius 2 is 1.92 bits per heavy atom. The van der Waals surface area contributed by atoms with Gasteiger partial charge in [0.25, 0.3) is 0 Å². The van der Waals surface area contributed by atoms with Crippen LogP contribution in [0.5, 0.6) is 0 Å². The van der Waals surface area contributed by atoms with Gasteiger partial charge in [-0.15, -0.1) is 12.4 Å². The van der Waals surface area contributed by atoms with E-state index < -0.39 is 0 Å². The molecule has 0 spiro atoms. The van der Waals surface area contributed by atoms with E-state index in [1.807, 2.05) is 0 Å². The highest BCUT2D eigenvalue weighted by atomic mass is 35.5. The molecule has 0 atom stereocenters. The van der Waals surface area contributed by atoms with Crippen molar-refractivity contribution < 1.29 is 0 Å². The molecule has 1 aliphatic carbocycles. The number of hydrogen-bond acceptors (Lipinski definition) is 1. The smallest absolute Gasteiger partial charge is 0.0180 e. The van der Waals surface area contributed by atoms with Gasteiger partial charge < -0.3 is 5.73 Å². The normalized spacial score (nSPS) is 14.5. The van der Waals surface area contributed by atoms with Crippen LogP contribution < -0.4 is 5.73 Å². The topological polar surface area (TPSA) is 26.0 Å². The molecule has 2 rings (SSSR count). The van der Waals surface area contributed by atoms with Crippen LogP contribution in [0.25, 0.3) is 0 Å². The van der Waals surface area contributed by atoms with E-state index in [1.165, 1.54) is 42.4 Å². The maximum Gasteiger partial charge on any atom is 0.0180 e. The first-order valence-electron chi connectivity index (χ1n) is 4.71. The Bertz CT molecular complexity index is 269. The van der Waals surface area contributed by atoms with Gasteiger partial charge in [-0.25, -0.2) is 0 Å². The number of fused-ring (bicyclic) bond motifs is 1. The summed E-state index contributed by atoms with van der Waals surface area (Å²) in [6, 6.07) is 6.53. The minimum atomic E-state index is 0. The summed E-state index contributed by atoms with van der Waals surface area (Å²) in [5.41, 5.74) is 10.1. The minimum Gasteiger partial charge on any atom is -0.326 e. The second-order valence-corrected chi connectivity index (χ2v) is 3.47. The molecule has 0 heterocycles. The van der Waals surface area contributed by atoms with Crippen molar-refractivity contribution in [1.29, 1.82) is 0 Å². The predicted molar refractivity (Wildman–Crippen MR) is 58.2 cm³/mol. The summed E-state index contributed by atoms with van der Waals surface area (Å²) in [6.07, 6.45) is 5.18. The van der Waals surface area contributed by atoms with Crippen molar-refractivity contribution in [2.45, 2.75) is 32.2 Å². The molecule has 0 radical (unpaired) electrons. The maximum atomic E-state index is 5.67. The van der Waals surface area contributed by atoms with Crippen LogP contribution in [-0.4, -0.2) is 0 Å². The fourth-order valence-corrected chi connectivity index (χ4v) is 2.05. The average Bonchev–Trinajstić information content (AvgIpc) is 2.17. The number of benzene rings is 1. The molecule has 1 aromatic carbocycles. The highest BCUT2D eigenvalue weighted by molar-refractivity contribution is 5.85. The summed E-state index contributed by atoms with van der Waals surface area (Å²) in [6.45, 7) is 0.698. The Hall–Kier alpha value is -0.530. The predicted octanol–water partition coefficient (Wildman–Crippen LogP) is 2.45. The van der Waals surface area contributed by atoms with Crippen LogP contribution in [0, 0.1) is 0 Å². The van der Waals surface area contributed by atoms with Crippen LogP contribution in [0.15, 0.2) is 18.2 Å². The molecule has 0 unspecified atom stereocenters. The SMILES string of the molecule is Cl.NCc1cccc2c1CCCC2. The zero-order valence-corrected chi connectivity index (χ0v) is 8.57. The molecule has 1 aromatic rings. The van der Waals surface area contributed by atoms with Crippen molar-refractivity contribution in [1.82, 2.24) is 0 Å². The van der Waals surface area contributed by atoms with Gasteiger partial charge in [0.1, 0.15) is 0 Å². The molecule has 0 aromatic heterocycles. The highest BCUT2D eigenvalue weighted by Crippen LogP contribution is 2.23. The van der Waals surface area contributed by atoms with Gasteiger partial charge in [-0.05, 0) is 42.4 Å². The largest absolute Gasteiger partial charge is 0.326 e. The molecule has 2 N–H and O–H groups in total. The zero-order valence-electron chi connectivity index (χ0n) is 7.75. The van der Waals surface area contributed by atoms with Crippen LogP contribution in [0.2, 0.25) is 0 Å². The van der Waals surface area contributed by atoms with Crippen LogP contribution in [0.4, 0.5) is 0 Å². The van der Waals surface area contributed by atoms with Gasteiger partial charge in [0.05, 0.1) is 0 Å². The second-order valence-electron chi connectivity index (χ2n) is 3.47. The van der Waals surface area contributed by atoms with E-state index in [0.717, 1.165) is 0 Å². The minimum absolute atomic E-state index is 0. The first-order chi connectivity index (χ1) is 5.92. The quantitative estimate of drug-likeness (QED) is 0.736. The molecular formula is C11H16ClN. The third kappa shape index (κ3) is 2.04.